The Morgan fingerprint density at radius 2 is 2.36 bits per heavy atom. The van der Waals surface area contributed by atoms with Crippen LogP contribution in [-0.4, -0.2) is 36.9 Å². The van der Waals surface area contributed by atoms with Crippen LogP contribution < -0.4 is 14.8 Å². The Morgan fingerprint density at radius 1 is 1.55 bits per heavy atom. The van der Waals surface area contributed by atoms with Crippen molar-refractivity contribution in [1.29, 1.82) is 0 Å². The van der Waals surface area contributed by atoms with E-state index in [0.29, 0.717) is 19.6 Å². The Hall–Kier alpha value is -2.01. The predicted molar refractivity (Wildman–Crippen MR) is 85.2 cm³/mol. The van der Waals surface area contributed by atoms with Crippen molar-refractivity contribution in [3.63, 3.8) is 0 Å². The van der Waals surface area contributed by atoms with Gasteiger partial charge >= 0.3 is 0 Å². The number of amides is 1. The molecule has 2 rings (SSSR count). The Labute approximate surface area is 130 Å². The van der Waals surface area contributed by atoms with Crippen molar-refractivity contribution in [3.05, 3.63) is 29.3 Å². The fourth-order valence-electron chi connectivity index (χ4n) is 2.38. The molecule has 0 spiro atoms. The number of rotatable bonds is 7. The van der Waals surface area contributed by atoms with Crippen LogP contribution in [0.2, 0.25) is 0 Å². The van der Waals surface area contributed by atoms with E-state index in [1.165, 1.54) is 6.08 Å². The monoisotopic (exact) mass is 305 g/mol. The SMILES string of the molecule is CCOc1cc2c(cc1/C=C/C(=O)NCCCO)OC(C)C2. The van der Waals surface area contributed by atoms with Crippen molar-refractivity contribution < 1.29 is 19.4 Å². The first-order valence-corrected chi connectivity index (χ1v) is 7.67. The summed E-state index contributed by atoms with van der Waals surface area (Å²) in [5.74, 6) is 1.43. The summed E-state index contributed by atoms with van der Waals surface area (Å²) in [5, 5.41) is 11.4. The van der Waals surface area contributed by atoms with E-state index in [4.69, 9.17) is 14.6 Å². The number of aliphatic hydroxyl groups is 1. The number of hydrogen-bond acceptors (Lipinski definition) is 4. The van der Waals surface area contributed by atoms with E-state index < -0.39 is 0 Å². The highest BCUT2D eigenvalue weighted by atomic mass is 16.5. The van der Waals surface area contributed by atoms with E-state index >= 15 is 0 Å². The maximum absolute atomic E-state index is 11.7. The van der Waals surface area contributed by atoms with Crippen LogP contribution in [0.1, 0.15) is 31.4 Å². The molecule has 1 heterocycles. The largest absolute Gasteiger partial charge is 0.493 e. The van der Waals surface area contributed by atoms with Gasteiger partial charge in [0.15, 0.2) is 0 Å². The molecule has 1 aliphatic heterocycles. The van der Waals surface area contributed by atoms with Crippen molar-refractivity contribution >= 4 is 12.0 Å². The molecule has 1 aromatic rings. The van der Waals surface area contributed by atoms with Gasteiger partial charge in [-0.2, -0.15) is 0 Å². The van der Waals surface area contributed by atoms with Crippen molar-refractivity contribution in [2.24, 2.45) is 0 Å². The van der Waals surface area contributed by atoms with Gasteiger partial charge in [-0.3, -0.25) is 4.79 Å². The minimum absolute atomic E-state index is 0.0683. The Kier molecular flexibility index (Phi) is 5.83. The molecule has 1 aromatic carbocycles. The van der Waals surface area contributed by atoms with Gasteiger partial charge in [0.25, 0.3) is 0 Å². The number of aliphatic hydroxyl groups excluding tert-OH is 1. The van der Waals surface area contributed by atoms with Gasteiger partial charge in [-0.25, -0.2) is 0 Å². The van der Waals surface area contributed by atoms with Crippen LogP contribution in [0.3, 0.4) is 0 Å². The Bertz CT molecular complexity index is 554. The molecule has 1 unspecified atom stereocenters. The lowest BCUT2D eigenvalue weighted by Gasteiger charge is -2.10. The van der Waals surface area contributed by atoms with E-state index in [0.717, 1.165) is 29.0 Å². The number of benzene rings is 1. The van der Waals surface area contributed by atoms with Crippen LogP contribution in [-0.2, 0) is 11.2 Å². The Balaban J connectivity index is 2.12. The molecular weight excluding hydrogens is 282 g/mol. The molecule has 2 N–H and O–H groups in total. The highest BCUT2D eigenvalue weighted by Gasteiger charge is 2.21. The Morgan fingerprint density at radius 3 is 3.09 bits per heavy atom. The van der Waals surface area contributed by atoms with Gasteiger partial charge in [-0.05, 0) is 38.5 Å². The highest BCUT2D eigenvalue weighted by Crippen LogP contribution is 2.35. The first kappa shape index (κ1) is 16.4. The van der Waals surface area contributed by atoms with Crippen molar-refractivity contribution in [1.82, 2.24) is 5.32 Å². The first-order valence-electron chi connectivity index (χ1n) is 7.67. The van der Waals surface area contributed by atoms with Crippen LogP contribution in [0.5, 0.6) is 11.5 Å². The number of ether oxygens (including phenoxy) is 2. The standard InChI is InChI=1S/C17H23NO4/c1-3-21-15-11-14-9-12(2)22-16(14)10-13(15)5-6-17(20)18-7-4-8-19/h5-6,10-12,19H,3-4,7-9H2,1-2H3,(H,18,20)/b6-5+. The lowest BCUT2D eigenvalue weighted by Crippen LogP contribution is -2.22. The van der Waals surface area contributed by atoms with Crippen LogP contribution >= 0.6 is 0 Å². The van der Waals surface area contributed by atoms with Gasteiger partial charge < -0.3 is 19.9 Å². The van der Waals surface area contributed by atoms with E-state index in [2.05, 4.69) is 5.32 Å². The molecule has 22 heavy (non-hydrogen) atoms. The summed E-state index contributed by atoms with van der Waals surface area (Å²) in [7, 11) is 0. The molecular formula is C17H23NO4. The highest BCUT2D eigenvalue weighted by molar-refractivity contribution is 5.92. The molecule has 0 saturated carbocycles. The van der Waals surface area contributed by atoms with Gasteiger partial charge in [0.05, 0.1) is 6.61 Å². The molecule has 0 fully saturated rings. The lowest BCUT2D eigenvalue weighted by molar-refractivity contribution is -0.116. The summed E-state index contributed by atoms with van der Waals surface area (Å²) < 4.78 is 11.4. The molecule has 5 heteroatoms. The van der Waals surface area contributed by atoms with Crippen LogP contribution in [0.4, 0.5) is 0 Å². The topological polar surface area (TPSA) is 67.8 Å². The molecule has 0 aliphatic carbocycles. The second-order valence-corrected chi connectivity index (χ2v) is 5.26. The van der Waals surface area contributed by atoms with Crippen molar-refractivity contribution in [2.75, 3.05) is 19.8 Å². The van der Waals surface area contributed by atoms with E-state index in [-0.39, 0.29) is 18.6 Å². The molecule has 1 aliphatic rings. The molecule has 5 nitrogen and oxygen atoms in total. The fraction of sp³-hybridized carbons (Fsp3) is 0.471. The first-order chi connectivity index (χ1) is 10.6. The molecule has 120 valence electrons. The maximum Gasteiger partial charge on any atom is 0.244 e. The third-order valence-electron chi connectivity index (χ3n) is 3.38. The van der Waals surface area contributed by atoms with Crippen molar-refractivity contribution in [3.8, 4) is 11.5 Å². The molecule has 1 amide bonds. The van der Waals surface area contributed by atoms with Crippen LogP contribution in [0, 0.1) is 0 Å². The zero-order valence-electron chi connectivity index (χ0n) is 13.1. The summed E-state index contributed by atoms with van der Waals surface area (Å²) in [5.41, 5.74) is 1.97. The summed E-state index contributed by atoms with van der Waals surface area (Å²) in [6, 6.07) is 3.91. The number of hydrogen-bond donors (Lipinski definition) is 2. The van der Waals surface area contributed by atoms with Crippen LogP contribution in [0.25, 0.3) is 6.08 Å². The number of fused-ring (bicyclic) bond motifs is 1. The smallest absolute Gasteiger partial charge is 0.244 e. The molecule has 0 radical (unpaired) electrons. The number of carbonyl (C=O) groups excluding carboxylic acids is 1. The molecule has 0 saturated heterocycles. The zero-order chi connectivity index (χ0) is 15.9. The molecule has 0 aromatic heterocycles. The zero-order valence-corrected chi connectivity index (χ0v) is 13.1. The molecule has 0 bridgehead atoms. The summed E-state index contributed by atoms with van der Waals surface area (Å²) >= 11 is 0. The summed E-state index contributed by atoms with van der Waals surface area (Å²) in [6.07, 6.45) is 4.80. The summed E-state index contributed by atoms with van der Waals surface area (Å²) in [6.45, 7) is 5.06. The average Bonchev–Trinajstić information content (AvgIpc) is 2.84. The quantitative estimate of drug-likeness (QED) is 0.596. The number of nitrogens with one attached hydrogen (secondary N) is 1. The maximum atomic E-state index is 11.7. The van der Waals surface area contributed by atoms with Gasteiger partial charge in [0.1, 0.15) is 17.6 Å². The molecule has 1 atom stereocenters. The average molecular weight is 305 g/mol. The predicted octanol–water partition coefficient (Wildman–Crippen LogP) is 1.92. The normalized spacial score (nSPS) is 16.4. The van der Waals surface area contributed by atoms with Gasteiger partial charge in [-0.1, -0.05) is 0 Å². The second kappa shape index (κ2) is 7.84. The van der Waals surface area contributed by atoms with Gasteiger partial charge in [0.2, 0.25) is 5.91 Å². The van der Waals surface area contributed by atoms with E-state index in [1.807, 2.05) is 26.0 Å². The minimum Gasteiger partial charge on any atom is -0.493 e. The van der Waals surface area contributed by atoms with Crippen molar-refractivity contribution in [2.45, 2.75) is 32.8 Å². The summed E-state index contributed by atoms with van der Waals surface area (Å²) in [4.78, 5) is 11.7. The fourth-order valence-corrected chi connectivity index (χ4v) is 2.38. The number of carbonyl (C=O) groups is 1. The third-order valence-corrected chi connectivity index (χ3v) is 3.38. The van der Waals surface area contributed by atoms with Gasteiger partial charge in [-0.15, -0.1) is 0 Å². The third kappa shape index (κ3) is 4.24. The van der Waals surface area contributed by atoms with Crippen LogP contribution in [0.15, 0.2) is 18.2 Å². The van der Waals surface area contributed by atoms with E-state index in [1.54, 1.807) is 6.08 Å². The van der Waals surface area contributed by atoms with E-state index in [9.17, 15) is 4.79 Å². The lowest BCUT2D eigenvalue weighted by atomic mass is 10.1. The van der Waals surface area contributed by atoms with Gasteiger partial charge in [0, 0.05) is 36.8 Å². The second-order valence-electron chi connectivity index (χ2n) is 5.26. The minimum atomic E-state index is -0.189.